The van der Waals surface area contributed by atoms with Crippen molar-refractivity contribution in [2.45, 2.75) is 52.4 Å². The highest BCUT2D eigenvalue weighted by molar-refractivity contribution is 6.04. The Bertz CT molecular complexity index is 1390. The molecule has 0 unspecified atom stereocenters. The molecule has 0 aliphatic rings. The Morgan fingerprint density at radius 3 is 1.97 bits per heavy atom. The van der Waals surface area contributed by atoms with E-state index in [1.807, 2.05) is 57.2 Å². The van der Waals surface area contributed by atoms with Gasteiger partial charge in [0.05, 0.1) is 11.4 Å². The van der Waals surface area contributed by atoms with Gasteiger partial charge in [0, 0.05) is 28.3 Å². The Kier molecular flexibility index (Phi) is 6.89. The molecule has 0 spiro atoms. The van der Waals surface area contributed by atoms with E-state index in [-0.39, 0.29) is 16.7 Å². The lowest BCUT2D eigenvalue weighted by Crippen LogP contribution is -2.20. The van der Waals surface area contributed by atoms with E-state index in [1.165, 1.54) is 0 Å². The zero-order valence-electron chi connectivity index (χ0n) is 21.9. The summed E-state index contributed by atoms with van der Waals surface area (Å²) >= 11 is 0. The summed E-state index contributed by atoms with van der Waals surface area (Å²) in [7, 11) is 0. The molecule has 3 N–H and O–H groups in total. The molecule has 2 aromatic carbocycles. The molecule has 0 aliphatic heterocycles. The van der Waals surface area contributed by atoms with Gasteiger partial charge in [-0.3, -0.25) is 10.1 Å². The van der Waals surface area contributed by atoms with Gasteiger partial charge in [0.25, 0.3) is 5.91 Å². The topological polar surface area (TPSA) is 114 Å². The van der Waals surface area contributed by atoms with E-state index in [0.717, 1.165) is 11.4 Å². The molecule has 192 valence electrons. The summed E-state index contributed by atoms with van der Waals surface area (Å²) in [5.74, 6) is 0.716. The number of anilines is 3. The standard InChI is InChI=1S/C28H32N6O3/c1-27(2,3)22-16-21(34(32-22)20-10-8-7-9-11-20)25(35)29-18-12-14-19(15-13-18)30-26(36)31-24-17-23(37-33-24)28(4,5)6/h7-17H,1-6H3,(H,29,35)(H2,30,31,33,36). The lowest BCUT2D eigenvalue weighted by atomic mass is 9.92. The summed E-state index contributed by atoms with van der Waals surface area (Å²) in [4.78, 5) is 25.6. The van der Waals surface area contributed by atoms with Gasteiger partial charge in [-0.15, -0.1) is 0 Å². The Morgan fingerprint density at radius 2 is 1.41 bits per heavy atom. The van der Waals surface area contributed by atoms with Crippen LogP contribution >= 0.6 is 0 Å². The van der Waals surface area contributed by atoms with Crippen LogP contribution in [0.5, 0.6) is 0 Å². The molecule has 0 saturated carbocycles. The van der Waals surface area contributed by atoms with Crippen LogP contribution < -0.4 is 16.0 Å². The first kappa shape index (κ1) is 25.7. The smallest absolute Gasteiger partial charge is 0.324 e. The quantitative estimate of drug-likeness (QED) is 0.295. The first-order chi connectivity index (χ1) is 17.4. The second-order valence-electron chi connectivity index (χ2n) is 10.8. The van der Waals surface area contributed by atoms with Crippen molar-refractivity contribution >= 4 is 29.1 Å². The monoisotopic (exact) mass is 500 g/mol. The highest BCUT2D eigenvalue weighted by Gasteiger charge is 2.24. The van der Waals surface area contributed by atoms with Crippen LogP contribution in [0.2, 0.25) is 0 Å². The zero-order chi connectivity index (χ0) is 26.8. The normalized spacial score (nSPS) is 11.7. The molecule has 2 heterocycles. The van der Waals surface area contributed by atoms with Gasteiger partial charge < -0.3 is 15.2 Å². The SMILES string of the molecule is CC(C)(C)c1cc(C(=O)Nc2ccc(NC(=O)Nc3cc(C(C)(C)C)on3)cc2)n(-c2ccccc2)n1. The first-order valence-electron chi connectivity index (χ1n) is 12.0. The van der Waals surface area contributed by atoms with Gasteiger partial charge in [-0.2, -0.15) is 5.10 Å². The minimum Gasteiger partial charge on any atom is -0.359 e. The van der Waals surface area contributed by atoms with E-state index in [4.69, 9.17) is 9.62 Å². The number of nitrogens with zero attached hydrogens (tertiary/aromatic N) is 3. The van der Waals surface area contributed by atoms with Gasteiger partial charge in [0.2, 0.25) is 0 Å². The van der Waals surface area contributed by atoms with E-state index in [0.29, 0.717) is 28.6 Å². The Hall–Kier alpha value is -4.40. The number of carbonyl (C=O) groups excluding carboxylic acids is 2. The second kappa shape index (κ2) is 9.93. The molecule has 0 radical (unpaired) electrons. The molecule has 0 aliphatic carbocycles. The van der Waals surface area contributed by atoms with Gasteiger partial charge in [-0.05, 0) is 42.5 Å². The number of carbonyl (C=O) groups is 2. The van der Waals surface area contributed by atoms with Crippen molar-refractivity contribution < 1.29 is 14.1 Å². The Balaban J connectivity index is 1.44. The first-order valence-corrected chi connectivity index (χ1v) is 12.0. The van der Waals surface area contributed by atoms with E-state index in [9.17, 15) is 9.59 Å². The van der Waals surface area contributed by atoms with Gasteiger partial charge >= 0.3 is 6.03 Å². The van der Waals surface area contributed by atoms with Crippen LogP contribution in [-0.4, -0.2) is 26.9 Å². The summed E-state index contributed by atoms with van der Waals surface area (Å²) in [5.41, 5.74) is 2.75. The van der Waals surface area contributed by atoms with Crippen LogP contribution in [0.25, 0.3) is 5.69 Å². The summed E-state index contributed by atoms with van der Waals surface area (Å²) in [5, 5.41) is 16.9. The molecule has 4 aromatic rings. The predicted molar refractivity (Wildman–Crippen MR) is 145 cm³/mol. The van der Waals surface area contributed by atoms with Crippen LogP contribution in [0.1, 0.15) is 63.5 Å². The van der Waals surface area contributed by atoms with Crippen molar-refractivity contribution in [3.8, 4) is 5.69 Å². The van der Waals surface area contributed by atoms with Crippen LogP contribution in [-0.2, 0) is 10.8 Å². The molecule has 37 heavy (non-hydrogen) atoms. The molecule has 9 heteroatoms. The summed E-state index contributed by atoms with van der Waals surface area (Å²) in [6, 6.07) is 19.4. The van der Waals surface area contributed by atoms with E-state index >= 15 is 0 Å². The molecule has 9 nitrogen and oxygen atoms in total. The van der Waals surface area contributed by atoms with Gasteiger partial charge in [-0.25, -0.2) is 9.48 Å². The number of para-hydroxylation sites is 1. The van der Waals surface area contributed by atoms with Crippen LogP contribution in [0.4, 0.5) is 22.0 Å². The highest BCUT2D eigenvalue weighted by Crippen LogP contribution is 2.26. The van der Waals surface area contributed by atoms with Crippen LogP contribution in [0.15, 0.2) is 71.3 Å². The maximum atomic E-state index is 13.2. The number of hydrogen-bond donors (Lipinski definition) is 3. The van der Waals surface area contributed by atoms with Crippen molar-refractivity contribution in [2.24, 2.45) is 0 Å². The average Bonchev–Trinajstić information content (AvgIpc) is 3.48. The molecule has 0 bridgehead atoms. The van der Waals surface area contributed by atoms with Crippen molar-refractivity contribution in [1.82, 2.24) is 14.9 Å². The average molecular weight is 501 g/mol. The fraction of sp³-hybridized carbons (Fsp3) is 0.286. The molecule has 4 rings (SSSR count). The largest absolute Gasteiger partial charge is 0.359 e. The number of nitrogens with one attached hydrogen (secondary N) is 3. The number of hydrogen-bond acceptors (Lipinski definition) is 5. The summed E-state index contributed by atoms with van der Waals surface area (Å²) in [6.45, 7) is 12.2. The number of rotatable bonds is 5. The van der Waals surface area contributed by atoms with E-state index in [2.05, 4.69) is 41.9 Å². The molecule has 0 saturated heterocycles. The minimum atomic E-state index is -0.452. The number of benzene rings is 2. The summed E-state index contributed by atoms with van der Waals surface area (Å²) < 4.78 is 6.94. The Morgan fingerprint density at radius 1 is 0.784 bits per heavy atom. The van der Waals surface area contributed by atoms with E-state index < -0.39 is 6.03 Å². The lowest BCUT2D eigenvalue weighted by Gasteiger charge is -2.14. The van der Waals surface area contributed by atoms with Gasteiger partial charge in [0.15, 0.2) is 5.82 Å². The second-order valence-corrected chi connectivity index (χ2v) is 10.8. The third-order valence-corrected chi connectivity index (χ3v) is 5.60. The van der Waals surface area contributed by atoms with Crippen molar-refractivity contribution in [1.29, 1.82) is 0 Å². The summed E-state index contributed by atoms with van der Waals surface area (Å²) in [6.07, 6.45) is 0. The highest BCUT2D eigenvalue weighted by atomic mass is 16.5. The van der Waals surface area contributed by atoms with Crippen LogP contribution in [0.3, 0.4) is 0 Å². The maximum Gasteiger partial charge on any atom is 0.324 e. The molecular weight excluding hydrogens is 468 g/mol. The third kappa shape index (κ3) is 6.24. The zero-order valence-corrected chi connectivity index (χ0v) is 21.9. The van der Waals surface area contributed by atoms with Gasteiger partial charge in [0.1, 0.15) is 11.5 Å². The van der Waals surface area contributed by atoms with Crippen molar-refractivity contribution in [3.05, 3.63) is 83.9 Å². The van der Waals surface area contributed by atoms with E-state index in [1.54, 1.807) is 35.0 Å². The van der Waals surface area contributed by atoms with Crippen LogP contribution in [0, 0.1) is 0 Å². The minimum absolute atomic E-state index is 0.212. The van der Waals surface area contributed by atoms with Crippen molar-refractivity contribution in [2.75, 3.05) is 16.0 Å². The van der Waals surface area contributed by atoms with Gasteiger partial charge in [-0.1, -0.05) is 64.9 Å². The third-order valence-electron chi connectivity index (χ3n) is 5.60. The number of aromatic nitrogens is 3. The molecule has 0 fully saturated rings. The lowest BCUT2D eigenvalue weighted by molar-refractivity contribution is 0.101. The molecule has 0 atom stereocenters. The molecule has 3 amide bonds. The Labute approximate surface area is 216 Å². The fourth-order valence-corrected chi connectivity index (χ4v) is 3.47. The number of amides is 3. The number of urea groups is 1. The molecule has 2 aromatic heterocycles. The molecular formula is C28H32N6O3. The van der Waals surface area contributed by atoms with Crippen molar-refractivity contribution in [3.63, 3.8) is 0 Å². The fourth-order valence-electron chi connectivity index (χ4n) is 3.47. The predicted octanol–water partition coefficient (Wildman–Crippen LogP) is 6.35. The maximum absolute atomic E-state index is 13.2.